The van der Waals surface area contributed by atoms with Crippen LogP contribution >= 0.6 is 0 Å². The van der Waals surface area contributed by atoms with Crippen LogP contribution in [0.1, 0.15) is 11.1 Å². The van der Waals surface area contributed by atoms with Gasteiger partial charge in [-0.3, -0.25) is 0 Å². The van der Waals surface area contributed by atoms with Gasteiger partial charge in [0.2, 0.25) is 0 Å². The molecule has 0 spiro atoms. The molecule has 2 nitrogen and oxygen atoms in total. The lowest BCUT2D eigenvalue weighted by Crippen LogP contribution is -2.33. The quantitative estimate of drug-likeness (QED) is 0.652. The van der Waals surface area contributed by atoms with Crippen molar-refractivity contribution in [3.8, 4) is 11.1 Å². The molecule has 3 aromatic rings. The minimum atomic E-state index is 0.876. The van der Waals surface area contributed by atoms with Crippen LogP contribution in [0.5, 0.6) is 0 Å². The second kappa shape index (κ2) is 6.35. The predicted molar refractivity (Wildman–Crippen MR) is 88.9 cm³/mol. The van der Waals surface area contributed by atoms with E-state index in [2.05, 4.69) is 84.5 Å². The molecule has 22 heavy (non-hydrogen) atoms. The zero-order valence-electron chi connectivity index (χ0n) is 12.8. The van der Waals surface area contributed by atoms with Crippen LogP contribution in [0.25, 0.3) is 17.2 Å². The van der Waals surface area contributed by atoms with Crippen molar-refractivity contribution in [2.45, 2.75) is 6.54 Å². The average molecular weight is 288 g/mol. The van der Waals surface area contributed by atoms with E-state index in [-0.39, 0.29) is 0 Å². The van der Waals surface area contributed by atoms with Crippen molar-refractivity contribution in [2.24, 2.45) is 7.05 Å². The molecular weight excluding hydrogens is 268 g/mol. The second-order valence-corrected chi connectivity index (χ2v) is 5.46. The van der Waals surface area contributed by atoms with E-state index in [1.165, 1.54) is 16.7 Å². The molecule has 2 heterocycles. The molecule has 0 aliphatic heterocycles. The molecule has 0 bridgehead atoms. The first-order chi connectivity index (χ1) is 10.7. The van der Waals surface area contributed by atoms with E-state index in [9.17, 15) is 0 Å². The number of aryl methyl sites for hydroxylation is 1. The lowest BCUT2D eigenvalue weighted by molar-refractivity contribution is -0.688. The maximum Gasteiger partial charge on any atom is 0.173 e. The van der Waals surface area contributed by atoms with Gasteiger partial charge >= 0.3 is 0 Å². The van der Waals surface area contributed by atoms with Crippen LogP contribution in [0.3, 0.4) is 0 Å². The number of rotatable bonds is 4. The van der Waals surface area contributed by atoms with Crippen LogP contribution in [-0.2, 0) is 13.6 Å². The molecule has 0 unspecified atom stereocenters. The van der Waals surface area contributed by atoms with Gasteiger partial charge in [0.05, 0.1) is 0 Å². The van der Waals surface area contributed by atoms with Gasteiger partial charge in [-0.05, 0) is 16.7 Å². The van der Waals surface area contributed by atoms with Crippen LogP contribution in [0.4, 0.5) is 0 Å². The third-order valence-electron chi connectivity index (χ3n) is 3.78. The normalized spacial score (nSPS) is 10.4. The highest BCUT2D eigenvalue weighted by Crippen LogP contribution is 2.15. The molecule has 0 fully saturated rings. The van der Waals surface area contributed by atoms with Crippen molar-refractivity contribution in [1.29, 1.82) is 0 Å². The molecule has 108 valence electrons. The average Bonchev–Trinajstić information content (AvgIpc) is 2.57. The van der Waals surface area contributed by atoms with Gasteiger partial charge in [-0.15, -0.1) is 0 Å². The summed E-state index contributed by atoms with van der Waals surface area (Å²) in [6, 6.07) is 17.1. The summed E-state index contributed by atoms with van der Waals surface area (Å²) in [5.74, 6) is 0. The molecule has 0 saturated carbocycles. The van der Waals surface area contributed by atoms with Crippen LogP contribution in [-0.4, -0.2) is 0 Å². The third kappa shape index (κ3) is 3.29. The minimum Gasteiger partial charge on any atom is -0.208 e. The summed E-state index contributed by atoms with van der Waals surface area (Å²) in [6.45, 7) is 4.66. The van der Waals surface area contributed by atoms with Crippen molar-refractivity contribution in [1.82, 2.24) is 0 Å². The van der Waals surface area contributed by atoms with Gasteiger partial charge in [0.1, 0.15) is 7.05 Å². The molecule has 3 rings (SSSR count). The summed E-state index contributed by atoms with van der Waals surface area (Å²) in [6.07, 6.45) is 10.3. The molecule has 0 saturated heterocycles. The highest BCUT2D eigenvalue weighted by molar-refractivity contribution is 5.60. The number of pyridine rings is 2. The van der Waals surface area contributed by atoms with Gasteiger partial charge in [0.25, 0.3) is 0 Å². The van der Waals surface area contributed by atoms with Crippen LogP contribution in [0.15, 0.2) is 79.9 Å². The molecule has 0 N–H and O–H groups in total. The Morgan fingerprint density at radius 1 is 0.818 bits per heavy atom. The Morgan fingerprint density at radius 3 is 1.91 bits per heavy atom. The summed E-state index contributed by atoms with van der Waals surface area (Å²) < 4.78 is 4.23. The Hall–Kier alpha value is -2.74. The predicted octanol–water partition coefficient (Wildman–Crippen LogP) is 3.16. The van der Waals surface area contributed by atoms with E-state index < -0.39 is 0 Å². The SMILES string of the molecule is C=Cc1ccc(C[n+]2ccc(-c3cc[n+](C)cc3)cc2)cc1. The maximum atomic E-state index is 3.78. The summed E-state index contributed by atoms with van der Waals surface area (Å²) in [5, 5.41) is 0. The topological polar surface area (TPSA) is 7.76 Å². The highest BCUT2D eigenvalue weighted by atomic mass is 14.9. The Bertz CT molecular complexity index is 754. The molecule has 0 aliphatic rings. The maximum absolute atomic E-state index is 3.78. The second-order valence-electron chi connectivity index (χ2n) is 5.46. The highest BCUT2D eigenvalue weighted by Gasteiger charge is 2.05. The van der Waals surface area contributed by atoms with Crippen molar-refractivity contribution >= 4 is 6.08 Å². The Labute approximate surface area is 131 Å². The van der Waals surface area contributed by atoms with Gasteiger partial charge in [0.15, 0.2) is 31.3 Å². The first-order valence-electron chi connectivity index (χ1n) is 7.41. The van der Waals surface area contributed by atoms with E-state index in [0.717, 1.165) is 12.1 Å². The zero-order chi connectivity index (χ0) is 15.4. The summed E-state index contributed by atoms with van der Waals surface area (Å²) in [5.41, 5.74) is 4.91. The van der Waals surface area contributed by atoms with E-state index in [4.69, 9.17) is 0 Å². The molecule has 0 radical (unpaired) electrons. The van der Waals surface area contributed by atoms with E-state index in [1.807, 2.05) is 17.7 Å². The molecule has 0 aliphatic carbocycles. The van der Waals surface area contributed by atoms with Gasteiger partial charge < -0.3 is 0 Å². The fourth-order valence-corrected chi connectivity index (χ4v) is 2.42. The molecule has 2 aromatic heterocycles. The first kappa shape index (κ1) is 14.2. The lowest BCUT2D eigenvalue weighted by Gasteiger charge is -2.01. The fourth-order valence-electron chi connectivity index (χ4n) is 2.42. The number of hydrogen-bond donors (Lipinski definition) is 0. The van der Waals surface area contributed by atoms with Gasteiger partial charge in [-0.25, -0.2) is 9.13 Å². The molecule has 2 heteroatoms. The molecular formula is C20H20N2+2. The first-order valence-corrected chi connectivity index (χ1v) is 7.41. The third-order valence-corrected chi connectivity index (χ3v) is 3.78. The summed E-state index contributed by atoms with van der Waals surface area (Å²) >= 11 is 0. The van der Waals surface area contributed by atoms with Crippen LogP contribution in [0, 0.1) is 0 Å². The number of nitrogens with zero attached hydrogens (tertiary/aromatic N) is 2. The standard InChI is InChI=1S/C20H20N2/c1-3-17-4-6-18(7-5-17)16-22-14-10-20(11-15-22)19-8-12-21(2)13-9-19/h3-15H,1,16H2,2H3/q+2. The molecule has 0 amide bonds. The lowest BCUT2D eigenvalue weighted by atomic mass is 10.1. The number of benzene rings is 1. The number of aromatic nitrogens is 2. The van der Waals surface area contributed by atoms with Crippen LogP contribution in [0.2, 0.25) is 0 Å². The van der Waals surface area contributed by atoms with Crippen molar-refractivity contribution in [3.63, 3.8) is 0 Å². The Balaban J connectivity index is 1.75. The fraction of sp³-hybridized carbons (Fsp3) is 0.100. The monoisotopic (exact) mass is 288 g/mol. The van der Waals surface area contributed by atoms with Crippen LogP contribution < -0.4 is 9.13 Å². The molecule has 0 atom stereocenters. The molecule has 1 aromatic carbocycles. The minimum absolute atomic E-state index is 0.876. The van der Waals surface area contributed by atoms with Crippen molar-refractivity contribution in [2.75, 3.05) is 0 Å². The Kier molecular flexibility index (Phi) is 4.10. The summed E-state index contributed by atoms with van der Waals surface area (Å²) in [4.78, 5) is 0. The summed E-state index contributed by atoms with van der Waals surface area (Å²) in [7, 11) is 2.03. The van der Waals surface area contributed by atoms with Crippen molar-refractivity contribution in [3.05, 3.63) is 91.0 Å². The van der Waals surface area contributed by atoms with Gasteiger partial charge in [-0.2, -0.15) is 0 Å². The largest absolute Gasteiger partial charge is 0.208 e. The zero-order valence-corrected chi connectivity index (χ0v) is 12.8. The Morgan fingerprint density at radius 2 is 1.36 bits per heavy atom. The van der Waals surface area contributed by atoms with E-state index >= 15 is 0 Å². The van der Waals surface area contributed by atoms with E-state index in [0.29, 0.717) is 0 Å². The van der Waals surface area contributed by atoms with Gasteiger partial charge in [-0.1, -0.05) is 36.9 Å². The number of hydrogen-bond acceptors (Lipinski definition) is 0. The van der Waals surface area contributed by atoms with Crippen molar-refractivity contribution < 1.29 is 9.13 Å². The van der Waals surface area contributed by atoms with E-state index in [1.54, 1.807) is 0 Å². The van der Waals surface area contributed by atoms with Gasteiger partial charge in [0, 0.05) is 29.8 Å². The smallest absolute Gasteiger partial charge is 0.173 e.